The largest absolute Gasteiger partial charge is 0.467 e. The highest BCUT2D eigenvalue weighted by atomic mass is 19.1. The first-order chi connectivity index (χ1) is 8.86. The first-order valence-electron chi connectivity index (χ1n) is 6.60. The molecule has 20 heavy (non-hydrogen) atoms. The lowest BCUT2D eigenvalue weighted by molar-refractivity contribution is -0.149. The molecule has 0 spiro atoms. The lowest BCUT2D eigenvalue weighted by Crippen LogP contribution is -2.50. The molecule has 1 aliphatic carbocycles. The van der Waals surface area contributed by atoms with Crippen molar-refractivity contribution in [3.8, 4) is 0 Å². The van der Waals surface area contributed by atoms with Crippen LogP contribution in [0.1, 0.15) is 41.0 Å². The maximum absolute atomic E-state index is 14.1. The normalized spacial score (nSPS) is 25.9. The van der Waals surface area contributed by atoms with Gasteiger partial charge in [-0.3, -0.25) is 4.90 Å². The third-order valence-electron chi connectivity index (χ3n) is 3.57. The van der Waals surface area contributed by atoms with Crippen LogP contribution in [0.4, 0.5) is 9.18 Å². The van der Waals surface area contributed by atoms with E-state index in [1.807, 2.05) is 0 Å². The molecule has 0 aromatic rings. The molecule has 0 bridgehead atoms. The van der Waals surface area contributed by atoms with E-state index in [-0.39, 0.29) is 6.42 Å². The zero-order chi connectivity index (χ0) is 15.9. The Kier molecular flexibility index (Phi) is 4.09. The van der Waals surface area contributed by atoms with Crippen molar-refractivity contribution in [3.63, 3.8) is 0 Å². The molecule has 0 saturated heterocycles. The van der Waals surface area contributed by atoms with Crippen LogP contribution >= 0.6 is 0 Å². The summed E-state index contributed by atoms with van der Waals surface area (Å²) in [7, 11) is 2.67. The van der Waals surface area contributed by atoms with Gasteiger partial charge in [-0.05, 0) is 41.0 Å². The molecular weight excluding hydrogens is 265 g/mol. The third-order valence-corrected chi connectivity index (χ3v) is 3.57. The maximum Gasteiger partial charge on any atom is 0.411 e. The maximum atomic E-state index is 14.1. The van der Waals surface area contributed by atoms with Crippen LogP contribution in [0.3, 0.4) is 0 Å². The number of amides is 1. The Labute approximate surface area is 119 Å². The number of nitrogens with zero attached hydrogens (tertiary/aromatic N) is 1. The molecule has 0 aliphatic heterocycles. The Hall–Kier alpha value is -1.33. The number of rotatable bonds is 3. The van der Waals surface area contributed by atoms with E-state index in [1.165, 1.54) is 28.0 Å². The van der Waals surface area contributed by atoms with E-state index < -0.39 is 34.8 Å². The standard InChI is InChI=1S/C14H24FNO4/c1-12(2,3)20-11(18)16(6)14(10(17)19-7)8-9(14)13(4,5)15/h9H,8H2,1-7H3. The van der Waals surface area contributed by atoms with Crippen LogP contribution in [0, 0.1) is 5.92 Å². The van der Waals surface area contributed by atoms with E-state index in [1.54, 1.807) is 20.8 Å². The number of ether oxygens (including phenoxy) is 2. The number of carbonyl (C=O) groups excluding carboxylic acids is 2. The summed E-state index contributed by atoms with van der Waals surface area (Å²) in [5.41, 5.74) is -3.53. The summed E-state index contributed by atoms with van der Waals surface area (Å²) in [5, 5.41) is 0. The average Bonchev–Trinajstić information content (AvgIpc) is 3.00. The molecule has 1 rings (SSSR count). The SMILES string of the molecule is COC(=O)C1(N(C)C(=O)OC(C)(C)C)CC1C(C)(C)F. The van der Waals surface area contributed by atoms with E-state index in [0.29, 0.717) is 0 Å². The second-order valence-electron chi connectivity index (χ2n) is 6.78. The summed E-state index contributed by atoms with van der Waals surface area (Å²) in [6.45, 7) is 7.98. The summed E-state index contributed by atoms with van der Waals surface area (Å²) < 4.78 is 24.1. The van der Waals surface area contributed by atoms with E-state index >= 15 is 0 Å². The van der Waals surface area contributed by atoms with Crippen LogP contribution < -0.4 is 0 Å². The number of methoxy groups -OCH3 is 1. The van der Waals surface area contributed by atoms with Gasteiger partial charge >= 0.3 is 12.1 Å². The Morgan fingerprint density at radius 2 is 1.75 bits per heavy atom. The van der Waals surface area contributed by atoms with Crippen LogP contribution in [0.2, 0.25) is 0 Å². The van der Waals surface area contributed by atoms with Gasteiger partial charge in [0.15, 0.2) is 0 Å². The van der Waals surface area contributed by atoms with Gasteiger partial charge in [0.05, 0.1) is 7.11 Å². The van der Waals surface area contributed by atoms with Crippen molar-refractivity contribution in [2.45, 2.75) is 57.8 Å². The fourth-order valence-corrected chi connectivity index (χ4v) is 2.47. The Morgan fingerprint density at radius 1 is 1.25 bits per heavy atom. The number of hydrogen-bond acceptors (Lipinski definition) is 4. The van der Waals surface area contributed by atoms with E-state index in [4.69, 9.17) is 9.47 Å². The number of carbonyl (C=O) groups is 2. The van der Waals surface area contributed by atoms with Crippen molar-refractivity contribution < 1.29 is 23.5 Å². The van der Waals surface area contributed by atoms with Crippen molar-refractivity contribution in [3.05, 3.63) is 0 Å². The van der Waals surface area contributed by atoms with Gasteiger partial charge in [-0.2, -0.15) is 0 Å². The minimum absolute atomic E-state index is 0.235. The molecule has 1 amide bonds. The fraction of sp³-hybridized carbons (Fsp3) is 0.857. The number of likely N-dealkylation sites (N-methyl/N-ethyl adjacent to an activating group) is 1. The van der Waals surface area contributed by atoms with Gasteiger partial charge in [-0.25, -0.2) is 14.0 Å². The molecule has 0 heterocycles. The van der Waals surface area contributed by atoms with Crippen LogP contribution in [0.25, 0.3) is 0 Å². The van der Waals surface area contributed by atoms with Crippen molar-refractivity contribution in [1.82, 2.24) is 4.90 Å². The molecule has 1 saturated carbocycles. The molecular formula is C14H24FNO4. The highest BCUT2D eigenvalue weighted by Gasteiger charge is 2.71. The molecule has 5 nitrogen and oxygen atoms in total. The average molecular weight is 289 g/mol. The molecule has 1 fully saturated rings. The minimum Gasteiger partial charge on any atom is -0.467 e. The summed E-state index contributed by atoms with van der Waals surface area (Å²) >= 11 is 0. The first kappa shape index (κ1) is 16.7. The second kappa shape index (κ2) is 4.90. The number of alkyl halides is 1. The van der Waals surface area contributed by atoms with Gasteiger partial charge in [0, 0.05) is 13.0 Å². The molecule has 2 unspecified atom stereocenters. The number of halogens is 1. The Morgan fingerprint density at radius 3 is 2.05 bits per heavy atom. The lowest BCUT2D eigenvalue weighted by atomic mass is 10.00. The van der Waals surface area contributed by atoms with Gasteiger partial charge in [-0.15, -0.1) is 0 Å². The summed E-state index contributed by atoms with van der Waals surface area (Å²) in [6.07, 6.45) is -0.423. The fourth-order valence-electron chi connectivity index (χ4n) is 2.47. The minimum atomic E-state index is -1.58. The van der Waals surface area contributed by atoms with Crippen LogP contribution in [-0.4, -0.2) is 47.9 Å². The van der Waals surface area contributed by atoms with Crippen LogP contribution in [-0.2, 0) is 14.3 Å². The van der Waals surface area contributed by atoms with E-state index in [0.717, 1.165) is 4.90 Å². The molecule has 0 radical (unpaired) electrons. The smallest absolute Gasteiger partial charge is 0.411 e. The monoisotopic (exact) mass is 289 g/mol. The predicted octanol–water partition coefficient (Wildman–Crippen LogP) is 2.53. The zero-order valence-electron chi connectivity index (χ0n) is 13.2. The van der Waals surface area contributed by atoms with E-state index in [9.17, 15) is 14.0 Å². The van der Waals surface area contributed by atoms with Gasteiger partial charge in [-0.1, -0.05) is 0 Å². The molecule has 0 aromatic heterocycles. The second-order valence-corrected chi connectivity index (χ2v) is 6.78. The quantitative estimate of drug-likeness (QED) is 0.749. The van der Waals surface area contributed by atoms with Crippen LogP contribution in [0.5, 0.6) is 0 Å². The van der Waals surface area contributed by atoms with Gasteiger partial charge < -0.3 is 9.47 Å². The molecule has 0 N–H and O–H groups in total. The van der Waals surface area contributed by atoms with Crippen molar-refractivity contribution >= 4 is 12.1 Å². The molecule has 6 heteroatoms. The topological polar surface area (TPSA) is 55.8 Å². The highest BCUT2D eigenvalue weighted by Crippen LogP contribution is 2.56. The summed E-state index contributed by atoms with van der Waals surface area (Å²) in [5.74, 6) is -1.21. The summed E-state index contributed by atoms with van der Waals surface area (Å²) in [4.78, 5) is 25.3. The summed E-state index contributed by atoms with van der Waals surface area (Å²) in [6, 6.07) is 0. The van der Waals surface area contributed by atoms with Gasteiger partial charge in [0.1, 0.15) is 16.8 Å². The Bertz CT molecular complexity index is 410. The molecule has 116 valence electrons. The van der Waals surface area contributed by atoms with E-state index in [2.05, 4.69) is 0 Å². The third kappa shape index (κ3) is 3.04. The zero-order valence-corrected chi connectivity index (χ0v) is 13.2. The van der Waals surface area contributed by atoms with Gasteiger partial charge in [0.25, 0.3) is 0 Å². The molecule has 0 aromatic carbocycles. The highest BCUT2D eigenvalue weighted by molar-refractivity contribution is 5.89. The Balaban J connectivity index is 2.99. The number of hydrogen-bond donors (Lipinski definition) is 0. The lowest BCUT2D eigenvalue weighted by Gasteiger charge is -2.31. The van der Waals surface area contributed by atoms with Crippen molar-refractivity contribution in [2.24, 2.45) is 5.92 Å². The van der Waals surface area contributed by atoms with Crippen molar-refractivity contribution in [2.75, 3.05) is 14.2 Å². The van der Waals surface area contributed by atoms with Crippen molar-refractivity contribution in [1.29, 1.82) is 0 Å². The number of esters is 1. The molecule has 1 aliphatic rings. The van der Waals surface area contributed by atoms with Crippen LogP contribution in [0.15, 0.2) is 0 Å². The first-order valence-corrected chi connectivity index (χ1v) is 6.60. The molecule has 2 atom stereocenters. The van der Waals surface area contributed by atoms with Gasteiger partial charge in [0.2, 0.25) is 0 Å². The predicted molar refractivity (Wildman–Crippen MR) is 72.0 cm³/mol.